The first-order chi connectivity index (χ1) is 10.2. The van der Waals surface area contributed by atoms with Crippen molar-refractivity contribution in [2.45, 2.75) is 44.7 Å². The van der Waals surface area contributed by atoms with Crippen LogP contribution in [0.25, 0.3) is 5.83 Å². The van der Waals surface area contributed by atoms with Gasteiger partial charge in [-0.05, 0) is 42.4 Å². The maximum atomic E-state index is 13.9. The summed E-state index contributed by atoms with van der Waals surface area (Å²) in [7, 11) is 0. The van der Waals surface area contributed by atoms with Gasteiger partial charge in [0.05, 0.1) is 11.6 Å². The molecule has 0 nitrogen and oxygen atoms in total. The summed E-state index contributed by atoms with van der Waals surface area (Å²) in [6.45, 7) is 2.10. The van der Waals surface area contributed by atoms with Gasteiger partial charge in [0.1, 0.15) is 17.5 Å². The standard InChI is InChI=1S/C16H16F6/c1-9-2-4-10(5-3-9)11-6-12(17)15(13(18)7-11)14(19)8-16(20,21)22/h6-10H,2-5H2,1H3/b14-8-. The average molecular weight is 322 g/mol. The number of alkyl halides is 3. The van der Waals surface area contributed by atoms with Gasteiger partial charge in [0, 0.05) is 0 Å². The highest BCUT2D eigenvalue weighted by Gasteiger charge is 2.28. The topological polar surface area (TPSA) is 0 Å². The number of halogens is 6. The molecule has 0 amide bonds. The van der Waals surface area contributed by atoms with E-state index in [1.165, 1.54) is 0 Å². The summed E-state index contributed by atoms with van der Waals surface area (Å²) in [5, 5.41) is 0. The predicted molar refractivity (Wildman–Crippen MR) is 71.9 cm³/mol. The van der Waals surface area contributed by atoms with Crippen LogP contribution in [-0.4, -0.2) is 6.18 Å². The number of benzene rings is 1. The van der Waals surface area contributed by atoms with E-state index in [1.54, 1.807) is 0 Å². The van der Waals surface area contributed by atoms with Gasteiger partial charge in [-0.3, -0.25) is 0 Å². The Labute approximate surface area is 124 Å². The Bertz CT molecular complexity index is 541. The smallest absolute Gasteiger partial charge is 0.206 e. The van der Waals surface area contributed by atoms with E-state index in [1.807, 2.05) is 0 Å². The zero-order valence-corrected chi connectivity index (χ0v) is 12.0. The fourth-order valence-electron chi connectivity index (χ4n) is 2.87. The van der Waals surface area contributed by atoms with Crippen LogP contribution in [0.3, 0.4) is 0 Å². The molecule has 22 heavy (non-hydrogen) atoms. The van der Waals surface area contributed by atoms with Crippen LogP contribution in [0.15, 0.2) is 18.2 Å². The molecule has 1 aromatic rings. The lowest BCUT2D eigenvalue weighted by Crippen LogP contribution is -2.12. The van der Waals surface area contributed by atoms with Crippen LogP contribution in [0, 0.1) is 17.6 Å². The van der Waals surface area contributed by atoms with Crippen molar-refractivity contribution in [3.8, 4) is 0 Å². The molecule has 0 unspecified atom stereocenters. The fourth-order valence-corrected chi connectivity index (χ4v) is 2.87. The zero-order chi connectivity index (χ0) is 16.5. The van der Waals surface area contributed by atoms with Crippen molar-refractivity contribution in [3.05, 3.63) is 41.0 Å². The third-order valence-corrected chi connectivity index (χ3v) is 4.08. The molecule has 0 saturated heterocycles. The van der Waals surface area contributed by atoms with Crippen LogP contribution in [0.4, 0.5) is 26.3 Å². The van der Waals surface area contributed by atoms with Crippen molar-refractivity contribution in [3.63, 3.8) is 0 Å². The Morgan fingerprint density at radius 2 is 1.55 bits per heavy atom. The third kappa shape index (κ3) is 4.05. The molecule has 6 heteroatoms. The Balaban J connectivity index is 2.31. The van der Waals surface area contributed by atoms with Crippen LogP contribution in [0.5, 0.6) is 0 Å². The SMILES string of the molecule is CC1CCC(c2cc(F)c(/C(F)=C/C(F)(F)F)c(F)c2)CC1. The molecule has 0 aliphatic heterocycles. The summed E-state index contributed by atoms with van der Waals surface area (Å²) in [5.74, 6) is -4.04. The van der Waals surface area contributed by atoms with Gasteiger partial charge in [0.2, 0.25) is 0 Å². The van der Waals surface area contributed by atoms with Gasteiger partial charge in [0.25, 0.3) is 0 Å². The van der Waals surface area contributed by atoms with Crippen LogP contribution < -0.4 is 0 Å². The lowest BCUT2D eigenvalue weighted by atomic mass is 9.79. The van der Waals surface area contributed by atoms with Crippen LogP contribution in [-0.2, 0) is 0 Å². The van der Waals surface area contributed by atoms with Crippen LogP contribution >= 0.6 is 0 Å². The van der Waals surface area contributed by atoms with E-state index < -0.39 is 35.3 Å². The Kier molecular flexibility index (Phi) is 4.87. The summed E-state index contributed by atoms with van der Waals surface area (Å²) in [6, 6.07) is 1.89. The van der Waals surface area contributed by atoms with Crippen molar-refractivity contribution in [2.24, 2.45) is 5.92 Å². The average Bonchev–Trinajstić information content (AvgIpc) is 2.36. The van der Waals surface area contributed by atoms with Crippen LogP contribution in [0.2, 0.25) is 0 Å². The number of hydrogen-bond acceptors (Lipinski definition) is 0. The minimum atomic E-state index is -4.97. The first-order valence-corrected chi connectivity index (χ1v) is 7.11. The molecule has 0 heterocycles. The monoisotopic (exact) mass is 322 g/mol. The van der Waals surface area contributed by atoms with Crippen molar-refractivity contribution in [1.29, 1.82) is 0 Å². The van der Waals surface area contributed by atoms with Gasteiger partial charge in [-0.1, -0.05) is 19.8 Å². The fraction of sp³-hybridized carbons (Fsp3) is 0.500. The molecule has 1 aromatic carbocycles. The number of allylic oxidation sites excluding steroid dienone is 1. The van der Waals surface area contributed by atoms with Crippen molar-refractivity contribution < 1.29 is 26.3 Å². The highest BCUT2D eigenvalue weighted by atomic mass is 19.4. The Morgan fingerprint density at radius 3 is 2.00 bits per heavy atom. The molecule has 0 spiro atoms. The van der Waals surface area contributed by atoms with Crippen LogP contribution in [0.1, 0.15) is 49.7 Å². The second-order valence-electron chi connectivity index (χ2n) is 5.85. The second-order valence-corrected chi connectivity index (χ2v) is 5.85. The first-order valence-electron chi connectivity index (χ1n) is 7.11. The van der Waals surface area contributed by atoms with E-state index in [0.29, 0.717) is 11.5 Å². The molecule has 1 aliphatic rings. The van der Waals surface area contributed by atoms with Crippen molar-refractivity contribution in [1.82, 2.24) is 0 Å². The third-order valence-electron chi connectivity index (χ3n) is 4.08. The maximum absolute atomic E-state index is 13.9. The van der Waals surface area contributed by atoms with Crippen molar-refractivity contribution >= 4 is 5.83 Å². The highest BCUT2D eigenvalue weighted by molar-refractivity contribution is 5.61. The quantitative estimate of drug-likeness (QED) is 0.574. The summed E-state index contributed by atoms with van der Waals surface area (Å²) < 4.78 is 77.5. The van der Waals surface area contributed by atoms with E-state index in [-0.39, 0.29) is 5.92 Å². The molecule has 1 aliphatic carbocycles. The highest BCUT2D eigenvalue weighted by Crippen LogP contribution is 2.37. The van der Waals surface area contributed by atoms with E-state index in [9.17, 15) is 26.3 Å². The predicted octanol–water partition coefficient (Wildman–Crippen LogP) is 6.13. The number of hydrogen-bond donors (Lipinski definition) is 0. The van der Waals surface area contributed by atoms with E-state index >= 15 is 0 Å². The Morgan fingerprint density at radius 1 is 1.05 bits per heavy atom. The molecule has 0 bridgehead atoms. The zero-order valence-electron chi connectivity index (χ0n) is 12.0. The number of rotatable bonds is 2. The molecular formula is C16H16F6. The second kappa shape index (κ2) is 6.34. The molecule has 0 atom stereocenters. The van der Waals surface area contributed by atoms with Gasteiger partial charge >= 0.3 is 6.18 Å². The molecule has 2 rings (SSSR count). The van der Waals surface area contributed by atoms with Crippen molar-refractivity contribution in [2.75, 3.05) is 0 Å². The maximum Gasteiger partial charge on any atom is 0.412 e. The summed E-state index contributed by atoms with van der Waals surface area (Å²) in [6.07, 6.45) is -2.33. The summed E-state index contributed by atoms with van der Waals surface area (Å²) in [4.78, 5) is 0. The molecule has 1 saturated carbocycles. The summed E-state index contributed by atoms with van der Waals surface area (Å²) >= 11 is 0. The van der Waals surface area contributed by atoms with E-state index in [4.69, 9.17) is 0 Å². The van der Waals surface area contributed by atoms with Gasteiger partial charge in [-0.2, -0.15) is 13.2 Å². The van der Waals surface area contributed by atoms with E-state index in [0.717, 1.165) is 37.8 Å². The lowest BCUT2D eigenvalue weighted by Gasteiger charge is -2.26. The van der Waals surface area contributed by atoms with Gasteiger partial charge in [-0.15, -0.1) is 0 Å². The normalized spacial score (nSPS) is 23.7. The molecule has 1 fully saturated rings. The minimum absolute atomic E-state index is 0.0380. The molecule has 122 valence electrons. The van der Waals surface area contributed by atoms with Gasteiger partial charge in [-0.25, -0.2) is 13.2 Å². The molecule has 0 N–H and O–H groups in total. The molecule has 0 radical (unpaired) electrons. The summed E-state index contributed by atoms with van der Waals surface area (Å²) in [5.41, 5.74) is -0.879. The molecular weight excluding hydrogens is 306 g/mol. The van der Waals surface area contributed by atoms with E-state index in [2.05, 4.69) is 6.92 Å². The largest absolute Gasteiger partial charge is 0.412 e. The van der Waals surface area contributed by atoms with Gasteiger partial charge in [0.15, 0.2) is 0 Å². The first kappa shape index (κ1) is 16.9. The lowest BCUT2D eigenvalue weighted by molar-refractivity contribution is -0.0798. The molecule has 0 aromatic heterocycles. The minimum Gasteiger partial charge on any atom is -0.206 e. The Hall–Kier alpha value is -1.46. The van der Waals surface area contributed by atoms with Gasteiger partial charge < -0.3 is 0 Å².